The van der Waals surface area contributed by atoms with E-state index in [0.717, 1.165) is 34.1 Å². The normalized spacial score (nSPS) is 14.8. The van der Waals surface area contributed by atoms with E-state index in [1.165, 1.54) is 0 Å². The van der Waals surface area contributed by atoms with Crippen molar-refractivity contribution in [2.45, 2.75) is 51.6 Å². The highest BCUT2D eigenvalue weighted by molar-refractivity contribution is 9.10. The number of nitrogens with one attached hydrogen (secondary N) is 1. The number of para-hydroxylation sites is 1. The molecule has 2 aromatic carbocycles. The lowest BCUT2D eigenvalue weighted by atomic mass is 9.91. The molecule has 1 fully saturated rings. The maximum Gasteiger partial charge on any atom is 0.255 e. The van der Waals surface area contributed by atoms with Crippen LogP contribution in [0.3, 0.4) is 0 Å². The van der Waals surface area contributed by atoms with Crippen LogP contribution in [0.2, 0.25) is 0 Å². The third-order valence-electron chi connectivity index (χ3n) is 6.32. The number of hydrogen-bond acceptors (Lipinski definition) is 3. The Morgan fingerprint density at radius 3 is 2.25 bits per heavy atom. The van der Waals surface area contributed by atoms with E-state index in [4.69, 9.17) is 4.42 Å². The molecule has 1 aliphatic carbocycles. The Hall–Kier alpha value is -2.86. The maximum absolute atomic E-state index is 13.9. The van der Waals surface area contributed by atoms with Crippen LogP contribution in [-0.2, 0) is 11.3 Å². The zero-order valence-electron chi connectivity index (χ0n) is 18.4. The molecule has 0 spiro atoms. The van der Waals surface area contributed by atoms with Crippen molar-refractivity contribution in [2.75, 3.05) is 5.32 Å². The summed E-state index contributed by atoms with van der Waals surface area (Å²) in [4.78, 5) is 29.3. The summed E-state index contributed by atoms with van der Waals surface area (Å²) >= 11 is 3.43. The number of aryl methyl sites for hydroxylation is 2. The molecule has 0 bridgehead atoms. The third-order valence-corrected chi connectivity index (χ3v) is 6.85. The van der Waals surface area contributed by atoms with Crippen molar-refractivity contribution < 1.29 is 14.0 Å². The number of rotatable bonds is 6. The van der Waals surface area contributed by atoms with Gasteiger partial charge in [0, 0.05) is 15.7 Å². The molecule has 0 radical (unpaired) electrons. The van der Waals surface area contributed by atoms with Gasteiger partial charge in [0.1, 0.15) is 11.3 Å². The summed E-state index contributed by atoms with van der Waals surface area (Å²) in [6.45, 7) is 4.21. The van der Waals surface area contributed by atoms with E-state index in [-0.39, 0.29) is 18.4 Å². The molecule has 1 saturated carbocycles. The molecule has 32 heavy (non-hydrogen) atoms. The van der Waals surface area contributed by atoms with E-state index >= 15 is 0 Å². The molecule has 0 unspecified atom stereocenters. The quantitative estimate of drug-likeness (QED) is 0.440. The summed E-state index contributed by atoms with van der Waals surface area (Å²) < 4.78 is 6.48. The molecule has 1 heterocycles. The zero-order valence-corrected chi connectivity index (χ0v) is 19.9. The topological polar surface area (TPSA) is 62.6 Å². The first-order valence-corrected chi connectivity index (χ1v) is 11.7. The van der Waals surface area contributed by atoms with E-state index in [0.29, 0.717) is 24.2 Å². The molecule has 2 amide bonds. The SMILES string of the molecule is Cc1cccc(C)c1NC(=O)C1(N(Cc2ccco2)C(=O)c2ccc(Br)cc2)CCCC1. The summed E-state index contributed by atoms with van der Waals surface area (Å²) in [5, 5.41) is 3.17. The molecular formula is C26H27BrN2O3. The Morgan fingerprint density at radius 2 is 1.66 bits per heavy atom. The number of halogens is 1. The second kappa shape index (κ2) is 9.33. The molecule has 3 aromatic rings. The molecular weight excluding hydrogens is 468 g/mol. The molecule has 6 heteroatoms. The summed E-state index contributed by atoms with van der Waals surface area (Å²) in [6, 6.07) is 16.8. The van der Waals surface area contributed by atoms with Crippen LogP contribution in [0, 0.1) is 13.8 Å². The highest BCUT2D eigenvalue weighted by atomic mass is 79.9. The lowest BCUT2D eigenvalue weighted by Gasteiger charge is -2.40. The Morgan fingerprint density at radius 1 is 1.00 bits per heavy atom. The number of amides is 2. The van der Waals surface area contributed by atoms with E-state index in [2.05, 4.69) is 21.2 Å². The number of furan rings is 1. The number of nitrogens with zero attached hydrogens (tertiary/aromatic N) is 1. The van der Waals surface area contributed by atoms with Gasteiger partial charge in [0.15, 0.2) is 0 Å². The van der Waals surface area contributed by atoms with Gasteiger partial charge in [-0.25, -0.2) is 0 Å². The first-order valence-electron chi connectivity index (χ1n) is 10.9. The fourth-order valence-electron chi connectivity index (χ4n) is 4.55. The average Bonchev–Trinajstić information content (AvgIpc) is 3.47. The van der Waals surface area contributed by atoms with Gasteiger partial charge in [-0.3, -0.25) is 9.59 Å². The van der Waals surface area contributed by atoms with Crippen LogP contribution in [0.15, 0.2) is 69.8 Å². The minimum absolute atomic E-state index is 0.135. The number of anilines is 1. The van der Waals surface area contributed by atoms with Gasteiger partial charge in [0.05, 0.1) is 12.8 Å². The van der Waals surface area contributed by atoms with Gasteiger partial charge in [-0.15, -0.1) is 0 Å². The maximum atomic E-state index is 13.9. The highest BCUT2D eigenvalue weighted by Gasteiger charge is 2.49. The van der Waals surface area contributed by atoms with Crippen LogP contribution < -0.4 is 5.32 Å². The largest absolute Gasteiger partial charge is 0.467 e. The van der Waals surface area contributed by atoms with Crippen LogP contribution in [0.25, 0.3) is 0 Å². The zero-order chi connectivity index (χ0) is 22.7. The van der Waals surface area contributed by atoms with Crippen LogP contribution in [0.5, 0.6) is 0 Å². The molecule has 5 nitrogen and oxygen atoms in total. The molecule has 0 saturated heterocycles. The number of carbonyl (C=O) groups is 2. The predicted molar refractivity (Wildman–Crippen MR) is 128 cm³/mol. The molecule has 1 aromatic heterocycles. The van der Waals surface area contributed by atoms with Gasteiger partial charge < -0.3 is 14.6 Å². The average molecular weight is 495 g/mol. The summed E-state index contributed by atoms with van der Waals surface area (Å²) in [5.74, 6) is 0.346. The van der Waals surface area contributed by atoms with Gasteiger partial charge in [-0.2, -0.15) is 0 Å². The monoisotopic (exact) mass is 494 g/mol. The van der Waals surface area contributed by atoms with Crippen molar-refractivity contribution in [3.63, 3.8) is 0 Å². The van der Waals surface area contributed by atoms with Crippen LogP contribution in [-0.4, -0.2) is 22.3 Å². The van der Waals surface area contributed by atoms with Crippen LogP contribution in [0.1, 0.15) is 52.9 Å². The van der Waals surface area contributed by atoms with E-state index < -0.39 is 5.54 Å². The summed E-state index contributed by atoms with van der Waals surface area (Å²) in [7, 11) is 0. The second-order valence-electron chi connectivity index (χ2n) is 8.44. The predicted octanol–water partition coefficient (Wildman–Crippen LogP) is 6.25. The second-order valence-corrected chi connectivity index (χ2v) is 9.35. The Kier molecular flexibility index (Phi) is 6.51. The molecule has 1 aliphatic rings. The summed E-state index contributed by atoms with van der Waals surface area (Å²) in [5.41, 5.74) is 2.43. The fourth-order valence-corrected chi connectivity index (χ4v) is 4.81. The Labute approximate surface area is 196 Å². The van der Waals surface area contributed by atoms with Crippen molar-refractivity contribution in [3.05, 3.63) is 87.8 Å². The van der Waals surface area contributed by atoms with Crippen molar-refractivity contribution in [1.29, 1.82) is 0 Å². The van der Waals surface area contributed by atoms with Gasteiger partial charge in [0.2, 0.25) is 5.91 Å². The number of hydrogen-bond donors (Lipinski definition) is 1. The van der Waals surface area contributed by atoms with Crippen molar-refractivity contribution >= 4 is 33.4 Å². The minimum atomic E-state index is -0.939. The lowest BCUT2D eigenvalue weighted by molar-refractivity contribution is -0.127. The van der Waals surface area contributed by atoms with Crippen LogP contribution in [0.4, 0.5) is 5.69 Å². The lowest BCUT2D eigenvalue weighted by Crippen LogP contribution is -2.57. The fraction of sp³-hybridized carbons (Fsp3) is 0.308. The van der Waals surface area contributed by atoms with Crippen LogP contribution >= 0.6 is 15.9 Å². The third kappa shape index (κ3) is 4.37. The Balaban J connectivity index is 1.73. The van der Waals surface area contributed by atoms with Gasteiger partial charge in [-0.05, 0) is 74.2 Å². The smallest absolute Gasteiger partial charge is 0.255 e. The van der Waals surface area contributed by atoms with Gasteiger partial charge >= 0.3 is 0 Å². The number of carbonyl (C=O) groups excluding carboxylic acids is 2. The van der Waals surface area contributed by atoms with Gasteiger partial charge in [0.25, 0.3) is 5.91 Å². The van der Waals surface area contributed by atoms with Crippen molar-refractivity contribution in [1.82, 2.24) is 4.90 Å². The highest BCUT2D eigenvalue weighted by Crippen LogP contribution is 2.39. The minimum Gasteiger partial charge on any atom is -0.467 e. The van der Waals surface area contributed by atoms with E-state index in [9.17, 15) is 9.59 Å². The number of benzene rings is 2. The first-order chi connectivity index (χ1) is 15.4. The molecule has 4 rings (SSSR count). The molecule has 1 N–H and O–H groups in total. The van der Waals surface area contributed by atoms with Gasteiger partial charge in [-0.1, -0.05) is 47.0 Å². The molecule has 166 valence electrons. The Bertz CT molecular complexity index is 1080. The standard InChI is InChI=1S/C26H27BrN2O3/c1-18-7-5-8-19(2)23(18)28-25(31)26(14-3-4-15-26)29(17-22-9-6-16-32-22)24(30)20-10-12-21(27)13-11-20/h5-13,16H,3-4,14-15,17H2,1-2H3,(H,28,31). The molecule has 0 aliphatic heterocycles. The molecule has 0 atom stereocenters. The van der Waals surface area contributed by atoms with E-state index in [1.54, 1.807) is 29.4 Å². The summed E-state index contributed by atoms with van der Waals surface area (Å²) in [6.07, 6.45) is 4.61. The van der Waals surface area contributed by atoms with E-state index in [1.807, 2.05) is 50.2 Å². The van der Waals surface area contributed by atoms with Crippen molar-refractivity contribution in [3.8, 4) is 0 Å². The van der Waals surface area contributed by atoms with Crippen molar-refractivity contribution in [2.24, 2.45) is 0 Å². The first kappa shape index (κ1) is 22.3.